The van der Waals surface area contributed by atoms with Crippen LogP contribution in [0.4, 0.5) is 11.8 Å². The molecule has 0 aromatic carbocycles. The maximum absolute atomic E-state index is 9.78. The van der Waals surface area contributed by atoms with E-state index in [2.05, 4.69) is 40.1 Å². The first-order valence-electron chi connectivity index (χ1n) is 10.8. The predicted molar refractivity (Wildman–Crippen MR) is 112 cm³/mol. The van der Waals surface area contributed by atoms with E-state index >= 15 is 0 Å². The summed E-state index contributed by atoms with van der Waals surface area (Å²) < 4.78 is 0. The van der Waals surface area contributed by atoms with Crippen LogP contribution in [0.3, 0.4) is 0 Å². The van der Waals surface area contributed by atoms with Gasteiger partial charge >= 0.3 is 0 Å². The quantitative estimate of drug-likeness (QED) is 0.823. The van der Waals surface area contributed by atoms with Gasteiger partial charge in [-0.1, -0.05) is 13.8 Å². The number of rotatable bonds is 4. The molecule has 154 valence electrons. The number of aliphatic hydroxyl groups excluding tert-OH is 1. The molecule has 2 aromatic heterocycles. The highest BCUT2D eigenvalue weighted by molar-refractivity contribution is 5.44. The summed E-state index contributed by atoms with van der Waals surface area (Å²) in [6, 6.07) is 2.25. The minimum atomic E-state index is -0.190. The molecule has 3 heterocycles. The number of hydrogen-bond donors (Lipinski definition) is 2. The molecule has 2 aliphatic carbocycles. The molecule has 0 bridgehead atoms. The highest BCUT2D eigenvalue weighted by Crippen LogP contribution is 2.43. The van der Waals surface area contributed by atoms with Gasteiger partial charge in [0, 0.05) is 42.5 Å². The van der Waals surface area contributed by atoms with Gasteiger partial charge in [0.1, 0.15) is 12.1 Å². The maximum atomic E-state index is 9.78. The summed E-state index contributed by atoms with van der Waals surface area (Å²) in [6.45, 7) is 6.24. The molecule has 2 N–H and O–H groups in total. The van der Waals surface area contributed by atoms with Gasteiger partial charge in [-0.05, 0) is 43.9 Å². The van der Waals surface area contributed by atoms with Gasteiger partial charge in [-0.15, -0.1) is 0 Å². The maximum Gasteiger partial charge on any atom is 0.225 e. The molecule has 1 saturated carbocycles. The van der Waals surface area contributed by atoms with Gasteiger partial charge in [-0.2, -0.15) is 0 Å². The average Bonchev–Trinajstić information content (AvgIpc) is 3.53. The third-order valence-corrected chi connectivity index (χ3v) is 6.42. The Morgan fingerprint density at radius 2 is 1.90 bits per heavy atom. The number of anilines is 2. The highest BCUT2D eigenvalue weighted by atomic mass is 16.3. The first kappa shape index (κ1) is 18.7. The van der Waals surface area contributed by atoms with Crippen molar-refractivity contribution in [1.29, 1.82) is 0 Å². The minimum Gasteiger partial charge on any atom is -0.393 e. The number of aliphatic hydroxyl groups is 1. The fourth-order valence-corrected chi connectivity index (χ4v) is 4.62. The second-order valence-electron chi connectivity index (χ2n) is 9.63. The van der Waals surface area contributed by atoms with Crippen LogP contribution < -0.4 is 10.2 Å². The van der Waals surface area contributed by atoms with Crippen LogP contribution in [0.15, 0.2) is 18.6 Å². The van der Waals surface area contributed by atoms with Crippen LogP contribution in [0.25, 0.3) is 0 Å². The van der Waals surface area contributed by atoms with Crippen LogP contribution in [-0.4, -0.2) is 44.2 Å². The molecule has 7 heteroatoms. The number of fused-ring (bicyclic) bond motifs is 1. The molecule has 5 rings (SSSR count). The third kappa shape index (κ3) is 4.06. The standard InChI is InChI=1S/C22H30N6O/c1-22(2)10-18(26-20-9-17(14-3-4-14)24-13-25-20)16-12-23-21(27-19(16)11-22)28-7-5-15(29)6-8-28/h9,12-15,18,29H,3-8,10-11H2,1-2H3,(H,24,25,26)/t18-/m0/s1. The topological polar surface area (TPSA) is 87.1 Å². The Bertz CT molecular complexity index is 889. The van der Waals surface area contributed by atoms with Crippen molar-refractivity contribution < 1.29 is 5.11 Å². The normalized spacial score (nSPS) is 24.2. The number of nitrogens with zero attached hydrogens (tertiary/aromatic N) is 5. The zero-order chi connectivity index (χ0) is 20.0. The lowest BCUT2D eigenvalue weighted by Crippen LogP contribution is -2.38. The van der Waals surface area contributed by atoms with Gasteiger partial charge in [0.25, 0.3) is 0 Å². The lowest BCUT2D eigenvalue weighted by atomic mass is 9.74. The van der Waals surface area contributed by atoms with Crippen molar-refractivity contribution >= 4 is 11.8 Å². The van der Waals surface area contributed by atoms with Gasteiger partial charge in [0.2, 0.25) is 5.95 Å². The molecule has 2 aromatic rings. The van der Waals surface area contributed by atoms with Crippen molar-refractivity contribution in [3.63, 3.8) is 0 Å². The second kappa shape index (κ2) is 7.20. The Balaban J connectivity index is 1.40. The van der Waals surface area contributed by atoms with E-state index in [9.17, 15) is 5.11 Å². The Morgan fingerprint density at radius 1 is 1.10 bits per heavy atom. The molecule has 1 saturated heterocycles. The number of nitrogens with one attached hydrogen (secondary N) is 1. The summed E-state index contributed by atoms with van der Waals surface area (Å²) in [5.41, 5.74) is 3.61. The van der Waals surface area contributed by atoms with E-state index in [-0.39, 0.29) is 17.6 Å². The van der Waals surface area contributed by atoms with Crippen molar-refractivity contribution in [2.24, 2.45) is 5.41 Å². The van der Waals surface area contributed by atoms with Crippen LogP contribution in [0.1, 0.15) is 74.9 Å². The molecular weight excluding hydrogens is 364 g/mol. The predicted octanol–water partition coefficient (Wildman–Crippen LogP) is 3.23. The van der Waals surface area contributed by atoms with Crippen LogP contribution >= 0.6 is 0 Å². The first-order valence-corrected chi connectivity index (χ1v) is 10.8. The van der Waals surface area contributed by atoms with Gasteiger partial charge in [-0.25, -0.2) is 19.9 Å². The van der Waals surface area contributed by atoms with Gasteiger partial charge in [-0.3, -0.25) is 0 Å². The van der Waals surface area contributed by atoms with Crippen molar-refractivity contribution in [3.05, 3.63) is 35.5 Å². The van der Waals surface area contributed by atoms with Crippen LogP contribution in [0, 0.1) is 5.41 Å². The Kier molecular flexibility index (Phi) is 4.65. The van der Waals surface area contributed by atoms with E-state index in [1.54, 1.807) is 6.33 Å². The van der Waals surface area contributed by atoms with Crippen LogP contribution in [0.5, 0.6) is 0 Å². The summed E-state index contributed by atoms with van der Waals surface area (Å²) in [6.07, 6.45) is 9.49. The van der Waals surface area contributed by atoms with Crippen LogP contribution in [0.2, 0.25) is 0 Å². The van der Waals surface area contributed by atoms with Crippen molar-refractivity contribution in [1.82, 2.24) is 19.9 Å². The van der Waals surface area contributed by atoms with E-state index in [0.29, 0.717) is 5.92 Å². The van der Waals surface area contributed by atoms with E-state index in [0.717, 1.165) is 61.9 Å². The van der Waals surface area contributed by atoms with Crippen molar-refractivity contribution in [2.75, 3.05) is 23.3 Å². The molecular formula is C22H30N6O. The Morgan fingerprint density at radius 3 is 2.66 bits per heavy atom. The lowest BCUT2D eigenvalue weighted by Gasteiger charge is -2.37. The Hall–Kier alpha value is -2.28. The molecule has 3 aliphatic rings. The largest absolute Gasteiger partial charge is 0.393 e. The number of aromatic nitrogens is 4. The van der Waals surface area contributed by atoms with E-state index in [4.69, 9.17) is 9.97 Å². The van der Waals surface area contributed by atoms with Gasteiger partial charge < -0.3 is 15.3 Å². The lowest BCUT2D eigenvalue weighted by molar-refractivity contribution is 0.145. The van der Waals surface area contributed by atoms with Gasteiger partial charge in [0.15, 0.2) is 0 Å². The molecule has 0 unspecified atom stereocenters. The molecule has 1 atom stereocenters. The van der Waals surface area contributed by atoms with Crippen molar-refractivity contribution in [2.45, 2.75) is 70.4 Å². The molecule has 1 aliphatic heterocycles. The van der Waals surface area contributed by atoms with E-state index < -0.39 is 0 Å². The van der Waals surface area contributed by atoms with E-state index in [1.165, 1.54) is 18.4 Å². The number of piperidine rings is 1. The molecule has 0 amide bonds. The molecule has 29 heavy (non-hydrogen) atoms. The third-order valence-electron chi connectivity index (χ3n) is 6.42. The Labute approximate surface area is 172 Å². The van der Waals surface area contributed by atoms with Crippen LogP contribution in [-0.2, 0) is 6.42 Å². The summed E-state index contributed by atoms with van der Waals surface area (Å²) >= 11 is 0. The second-order valence-corrected chi connectivity index (χ2v) is 9.63. The summed E-state index contributed by atoms with van der Waals surface area (Å²) in [7, 11) is 0. The van der Waals surface area contributed by atoms with E-state index in [1.807, 2.05) is 6.20 Å². The summed E-state index contributed by atoms with van der Waals surface area (Å²) in [5.74, 6) is 2.30. The fourth-order valence-electron chi connectivity index (χ4n) is 4.62. The van der Waals surface area contributed by atoms with Crippen molar-refractivity contribution in [3.8, 4) is 0 Å². The summed E-state index contributed by atoms with van der Waals surface area (Å²) in [4.78, 5) is 20.8. The molecule has 0 radical (unpaired) electrons. The first-order chi connectivity index (χ1) is 14.0. The zero-order valence-corrected chi connectivity index (χ0v) is 17.3. The molecule has 2 fully saturated rings. The highest BCUT2D eigenvalue weighted by Gasteiger charge is 2.35. The summed E-state index contributed by atoms with van der Waals surface area (Å²) in [5, 5.41) is 13.4. The SMILES string of the molecule is CC1(C)Cc2nc(N3CCC(O)CC3)ncc2[C@@H](Nc2cc(C3CC3)ncn2)C1. The van der Waals surface area contributed by atoms with Gasteiger partial charge in [0.05, 0.1) is 17.8 Å². The monoisotopic (exact) mass is 394 g/mol. The minimum absolute atomic E-state index is 0.146. The molecule has 0 spiro atoms. The fraction of sp³-hybridized carbons (Fsp3) is 0.636. The number of hydrogen-bond acceptors (Lipinski definition) is 7. The molecule has 7 nitrogen and oxygen atoms in total. The average molecular weight is 395 g/mol. The zero-order valence-electron chi connectivity index (χ0n) is 17.3. The smallest absolute Gasteiger partial charge is 0.225 e.